The average molecular weight is 453 g/mol. The maximum atomic E-state index is 13.5. The molecule has 1 atom stereocenters. The molecule has 0 saturated carbocycles. The van der Waals surface area contributed by atoms with E-state index in [2.05, 4.69) is 20.9 Å². The van der Waals surface area contributed by atoms with Gasteiger partial charge in [-0.2, -0.15) is 0 Å². The number of halogens is 2. The first kappa shape index (κ1) is 19.0. The Labute approximate surface area is 174 Å². The number of carbonyl (C=O) groups excluding carboxylic acids is 2. The highest BCUT2D eigenvalue weighted by atomic mass is 79.9. The zero-order valence-corrected chi connectivity index (χ0v) is 16.5. The van der Waals surface area contributed by atoms with Gasteiger partial charge in [0.1, 0.15) is 17.4 Å². The third-order valence-corrected chi connectivity index (χ3v) is 5.11. The fraction of sp³-hybridized carbons (Fsp3) is 0.0455. The summed E-state index contributed by atoms with van der Waals surface area (Å²) in [5, 5.41) is 10.9. The molecule has 0 bridgehead atoms. The van der Waals surface area contributed by atoms with Crippen LogP contribution < -0.4 is 4.90 Å². The van der Waals surface area contributed by atoms with Crippen molar-refractivity contribution >= 4 is 39.2 Å². The van der Waals surface area contributed by atoms with Gasteiger partial charge in [-0.15, -0.1) is 0 Å². The second-order valence-corrected chi connectivity index (χ2v) is 7.34. The molecule has 1 aromatic heterocycles. The number of aromatic nitrogens is 1. The van der Waals surface area contributed by atoms with Gasteiger partial charge in [-0.3, -0.25) is 14.5 Å². The lowest BCUT2D eigenvalue weighted by atomic mass is 9.95. The molecule has 0 aliphatic carbocycles. The SMILES string of the molecule is O=C1C(=O)N(c2ccc(Br)cn2)[C@H](c2ccc(F)cc2)C1=C(O)c1ccccc1. The van der Waals surface area contributed by atoms with Crippen LogP contribution >= 0.6 is 15.9 Å². The van der Waals surface area contributed by atoms with Gasteiger partial charge in [0.05, 0.1) is 11.6 Å². The Balaban J connectivity index is 1.94. The lowest BCUT2D eigenvalue weighted by Gasteiger charge is -2.24. The van der Waals surface area contributed by atoms with Gasteiger partial charge >= 0.3 is 5.91 Å². The summed E-state index contributed by atoms with van der Waals surface area (Å²) in [5.41, 5.74) is 0.812. The highest BCUT2D eigenvalue weighted by Crippen LogP contribution is 2.41. The second kappa shape index (κ2) is 7.60. The first-order valence-electron chi connectivity index (χ1n) is 8.71. The molecule has 3 aromatic rings. The Hall–Kier alpha value is -3.32. The lowest BCUT2D eigenvalue weighted by molar-refractivity contribution is -0.132. The number of aliphatic hydroxyl groups excluding tert-OH is 1. The molecule has 1 N–H and O–H groups in total. The summed E-state index contributed by atoms with van der Waals surface area (Å²) >= 11 is 3.29. The van der Waals surface area contributed by atoms with Crippen LogP contribution in [0.4, 0.5) is 10.2 Å². The fourth-order valence-corrected chi connectivity index (χ4v) is 3.53. The number of pyridine rings is 1. The number of hydrogen-bond acceptors (Lipinski definition) is 4. The Morgan fingerprint density at radius 1 is 1.00 bits per heavy atom. The Morgan fingerprint density at radius 3 is 2.31 bits per heavy atom. The molecule has 2 aromatic carbocycles. The topological polar surface area (TPSA) is 70.5 Å². The monoisotopic (exact) mass is 452 g/mol. The number of ketones is 1. The molecule has 5 nitrogen and oxygen atoms in total. The molecular weight excluding hydrogens is 439 g/mol. The highest BCUT2D eigenvalue weighted by Gasteiger charge is 2.47. The van der Waals surface area contributed by atoms with Gasteiger partial charge in [0.15, 0.2) is 0 Å². The highest BCUT2D eigenvalue weighted by molar-refractivity contribution is 9.10. The number of Topliss-reactive ketones (excluding diaryl/α,β-unsaturated/α-hetero) is 1. The second-order valence-electron chi connectivity index (χ2n) is 6.42. The van der Waals surface area contributed by atoms with Gasteiger partial charge in [0, 0.05) is 16.2 Å². The van der Waals surface area contributed by atoms with E-state index in [1.165, 1.54) is 35.4 Å². The maximum Gasteiger partial charge on any atom is 0.301 e. The predicted molar refractivity (Wildman–Crippen MR) is 110 cm³/mol. The van der Waals surface area contributed by atoms with Crippen LogP contribution in [0.25, 0.3) is 5.76 Å². The van der Waals surface area contributed by atoms with E-state index in [4.69, 9.17) is 0 Å². The van der Waals surface area contributed by atoms with E-state index >= 15 is 0 Å². The van der Waals surface area contributed by atoms with Crippen LogP contribution in [-0.2, 0) is 9.59 Å². The minimum Gasteiger partial charge on any atom is -0.507 e. The number of anilines is 1. The number of aliphatic hydroxyl groups is 1. The number of benzene rings is 2. The smallest absolute Gasteiger partial charge is 0.301 e. The number of carbonyl (C=O) groups is 2. The van der Waals surface area contributed by atoms with Crippen molar-refractivity contribution < 1.29 is 19.1 Å². The van der Waals surface area contributed by atoms with Crippen LogP contribution in [0.5, 0.6) is 0 Å². The van der Waals surface area contributed by atoms with Gasteiger partial charge < -0.3 is 5.11 Å². The molecule has 0 unspecified atom stereocenters. The van der Waals surface area contributed by atoms with E-state index < -0.39 is 23.5 Å². The molecule has 0 spiro atoms. The van der Waals surface area contributed by atoms with E-state index in [0.29, 0.717) is 15.6 Å². The van der Waals surface area contributed by atoms with E-state index in [-0.39, 0.29) is 17.2 Å². The summed E-state index contributed by atoms with van der Waals surface area (Å²) < 4.78 is 14.2. The lowest BCUT2D eigenvalue weighted by Crippen LogP contribution is -2.30. The average Bonchev–Trinajstić information content (AvgIpc) is 3.00. The normalized spacial score (nSPS) is 18.3. The summed E-state index contributed by atoms with van der Waals surface area (Å²) in [5.74, 6) is -2.14. The van der Waals surface area contributed by atoms with Crippen LogP contribution in [0.3, 0.4) is 0 Å². The van der Waals surface area contributed by atoms with Crippen molar-refractivity contribution in [2.24, 2.45) is 0 Å². The minimum atomic E-state index is -0.940. The molecule has 1 amide bonds. The molecular formula is C22H14BrFN2O3. The van der Waals surface area contributed by atoms with Crippen LogP contribution in [-0.4, -0.2) is 21.8 Å². The van der Waals surface area contributed by atoms with Crippen LogP contribution in [0.15, 0.2) is 83.0 Å². The first-order valence-corrected chi connectivity index (χ1v) is 9.50. The molecule has 1 aliphatic heterocycles. The summed E-state index contributed by atoms with van der Waals surface area (Å²) in [6.45, 7) is 0. The third kappa shape index (κ3) is 3.45. The number of amides is 1. The summed E-state index contributed by atoms with van der Waals surface area (Å²) in [6.07, 6.45) is 1.51. The Kier molecular flexibility index (Phi) is 4.98. The molecule has 1 saturated heterocycles. The Morgan fingerprint density at radius 2 is 1.69 bits per heavy atom. The zero-order chi connectivity index (χ0) is 20.5. The van der Waals surface area contributed by atoms with Crippen molar-refractivity contribution in [3.8, 4) is 0 Å². The largest absolute Gasteiger partial charge is 0.507 e. The van der Waals surface area contributed by atoms with Crippen LogP contribution in [0, 0.1) is 5.82 Å². The zero-order valence-electron chi connectivity index (χ0n) is 14.9. The predicted octanol–water partition coefficient (Wildman–Crippen LogP) is 4.61. The molecule has 1 fully saturated rings. The molecule has 4 rings (SSSR count). The standard InChI is InChI=1S/C22H14BrFN2O3/c23-15-8-11-17(25-12-15)26-19(13-6-9-16(24)10-7-13)18(21(28)22(26)29)20(27)14-4-2-1-3-5-14/h1-12,19,27H/t19-/m1/s1. The van der Waals surface area contributed by atoms with Gasteiger partial charge in [-0.25, -0.2) is 9.37 Å². The van der Waals surface area contributed by atoms with E-state index in [1.54, 1.807) is 42.5 Å². The van der Waals surface area contributed by atoms with Crippen molar-refractivity contribution in [1.82, 2.24) is 4.98 Å². The first-order chi connectivity index (χ1) is 14.0. The number of nitrogens with zero attached hydrogens (tertiary/aromatic N) is 2. The number of rotatable bonds is 3. The quantitative estimate of drug-likeness (QED) is 0.357. The van der Waals surface area contributed by atoms with Crippen molar-refractivity contribution in [1.29, 1.82) is 0 Å². The van der Waals surface area contributed by atoms with E-state index in [1.807, 2.05) is 0 Å². The van der Waals surface area contributed by atoms with Crippen molar-refractivity contribution in [3.63, 3.8) is 0 Å². The van der Waals surface area contributed by atoms with Crippen molar-refractivity contribution in [2.75, 3.05) is 4.90 Å². The molecule has 2 heterocycles. The molecule has 1 aliphatic rings. The summed E-state index contributed by atoms with van der Waals surface area (Å²) in [7, 11) is 0. The van der Waals surface area contributed by atoms with Gasteiger partial charge in [0.2, 0.25) is 0 Å². The van der Waals surface area contributed by atoms with Crippen molar-refractivity contribution in [3.05, 3.63) is 99.9 Å². The fourth-order valence-electron chi connectivity index (χ4n) is 3.29. The molecule has 144 valence electrons. The summed E-state index contributed by atoms with van der Waals surface area (Å²) in [4.78, 5) is 31.2. The Bertz CT molecular complexity index is 1110. The third-order valence-electron chi connectivity index (χ3n) is 4.64. The molecule has 7 heteroatoms. The van der Waals surface area contributed by atoms with Gasteiger partial charge in [-0.05, 0) is 45.8 Å². The van der Waals surface area contributed by atoms with Gasteiger partial charge in [0.25, 0.3) is 5.78 Å². The maximum absolute atomic E-state index is 13.5. The number of hydrogen-bond donors (Lipinski definition) is 1. The van der Waals surface area contributed by atoms with Crippen molar-refractivity contribution in [2.45, 2.75) is 6.04 Å². The summed E-state index contributed by atoms with van der Waals surface area (Å²) in [6, 6.07) is 16.3. The van der Waals surface area contributed by atoms with Crippen LogP contribution in [0.1, 0.15) is 17.2 Å². The van der Waals surface area contributed by atoms with Crippen LogP contribution in [0.2, 0.25) is 0 Å². The molecule has 29 heavy (non-hydrogen) atoms. The molecule has 0 radical (unpaired) electrons. The van der Waals surface area contributed by atoms with E-state index in [9.17, 15) is 19.1 Å². The minimum absolute atomic E-state index is 0.0717. The van der Waals surface area contributed by atoms with E-state index in [0.717, 1.165) is 0 Å². The van der Waals surface area contributed by atoms with Gasteiger partial charge in [-0.1, -0.05) is 42.5 Å².